The lowest BCUT2D eigenvalue weighted by atomic mass is 10.2. The summed E-state index contributed by atoms with van der Waals surface area (Å²) >= 11 is 0. The first-order chi connectivity index (χ1) is 15.9. The molecule has 3 N–H and O–H groups in total. The maximum Gasteiger partial charge on any atom is 0.290 e. The normalized spacial score (nSPS) is 15.5. The lowest BCUT2D eigenvalue weighted by Gasteiger charge is -2.32. The van der Waals surface area contributed by atoms with E-state index in [-0.39, 0.29) is 23.4 Å². The minimum atomic E-state index is -0.507. The van der Waals surface area contributed by atoms with Crippen LogP contribution in [-0.2, 0) is 11.8 Å². The highest BCUT2D eigenvalue weighted by atomic mass is 19.1. The summed E-state index contributed by atoms with van der Waals surface area (Å²) < 4.78 is 21.4. The number of carboxylic acid groups (broad SMARTS) is 1. The van der Waals surface area contributed by atoms with Crippen LogP contribution < -0.4 is 20.3 Å². The number of piperazine rings is 1. The molecular weight excluding hydrogens is 433 g/mol. The summed E-state index contributed by atoms with van der Waals surface area (Å²) in [5.74, 6) is -0.255. The van der Waals surface area contributed by atoms with Crippen LogP contribution in [0.3, 0.4) is 0 Å². The lowest BCUT2D eigenvalue weighted by Crippen LogP contribution is -2.49. The summed E-state index contributed by atoms with van der Waals surface area (Å²) in [6.45, 7) is 6.38. The number of amides is 1. The number of hydrogen-bond donors (Lipinski definition) is 3. The summed E-state index contributed by atoms with van der Waals surface area (Å²) in [5.41, 5.74) is 0.763. The molecule has 0 bridgehead atoms. The Morgan fingerprint density at radius 3 is 2.91 bits per heavy atom. The van der Waals surface area contributed by atoms with Gasteiger partial charge in [-0.1, -0.05) is 0 Å². The molecule has 1 aliphatic heterocycles. The molecule has 2 aromatic heterocycles. The quantitative estimate of drug-likeness (QED) is 0.487. The van der Waals surface area contributed by atoms with Gasteiger partial charge in [0.05, 0.1) is 6.61 Å². The molecule has 3 heterocycles. The standard InChI is InChI=1S/C20H24FN7O2.CH2O2/c1-4-30-19-15(9-23-20(25-19)28-6-5-22-12(2)10-28)18(29)24-14-7-13-11-27(3)26-17(13)16(21)8-14;2-1-3/h7-9,11-12,22H,4-6,10H2,1-3H3,(H,24,29);1H,(H,2,3)/t12-;/m0./s1. The van der Waals surface area contributed by atoms with Gasteiger partial charge in [-0.3, -0.25) is 14.3 Å². The number of anilines is 2. The van der Waals surface area contributed by atoms with Gasteiger partial charge < -0.3 is 25.4 Å². The number of ether oxygens (including phenoxy) is 1. The number of carbonyl (C=O) groups is 2. The van der Waals surface area contributed by atoms with Crippen LogP contribution in [0.4, 0.5) is 16.0 Å². The molecule has 3 aromatic rings. The second kappa shape index (κ2) is 10.7. The number of halogens is 1. The number of rotatable bonds is 5. The van der Waals surface area contributed by atoms with Crippen LogP contribution in [0.5, 0.6) is 5.88 Å². The van der Waals surface area contributed by atoms with Crippen molar-refractivity contribution in [1.29, 1.82) is 0 Å². The van der Waals surface area contributed by atoms with Crippen molar-refractivity contribution in [2.75, 3.05) is 36.5 Å². The molecule has 1 atom stereocenters. The van der Waals surface area contributed by atoms with Gasteiger partial charge in [-0.05, 0) is 26.0 Å². The molecule has 4 rings (SSSR count). The second-order valence-electron chi connectivity index (χ2n) is 7.38. The molecule has 176 valence electrons. The van der Waals surface area contributed by atoms with E-state index in [0.29, 0.717) is 29.7 Å². The van der Waals surface area contributed by atoms with E-state index in [9.17, 15) is 9.18 Å². The zero-order chi connectivity index (χ0) is 24.0. The zero-order valence-corrected chi connectivity index (χ0v) is 18.6. The Hall–Kier alpha value is -3.80. The summed E-state index contributed by atoms with van der Waals surface area (Å²) in [6, 6.07) is 3.23. The van der Waals surface area contributed by atoms with Crippen molar-refractivity contribution in [3.05, 3.63) is 35.9 Å². The Balaban J connectivity index is 0.000000968. The molecule has 12 heteroatoms. The highest BCUT2D eigenvalue weighted by molar-refractivity contribution is 6.06. The Morgan fingerprint density at radius 1 is 1.45 bits per heavy atom. The van der Waals surface area contributed by atoms with E-state index in [1.807, 2.05) is 6.92 Å². The van der Waals surface area contributed by atoms with E-state index in [1.54, 1.807) is 19.3 Å². The van der Waals surface area contributed by atoms with Crippen LogP contribution >= 0.6 is 0 Å². The molecule has 1 aliphatic rings. The van der Waals surface area contributed by atoms with Gasteiger partial charge in [0.15, 0.2) is 5.82 Å². The maximum absolute atomic E-state index is 14.3. The number of benzene rings is 1. The van der Waals surface area contributed by atoms with E-state index in [0.717, 1.165) is 19.6 Å². The van der Waals surface area contributed by atoms with Crippen molar-refractivity contribution in [2.45, 2.75) is 19.9 Å². The van der Waals surface area contributed by atoms with Crippen molar-refractivity contribution in [1.82, 2.24) is 25.1 Å². The van der Waals surface area contributed by atoms with E-state index in [1.165, 1.54) is 16.9 Å². The predicted molar refractivity (Wildman–Crippen MR) is 120 cm³/mol. The fourth-order valence-electron chi connectivity index (χ4n) is 3.51. The highest BCUT2D eigenvalue weighted by Gasteiger charge is 2.22. The third-order valence-corrected chi connectivity index (χ3v) is 4.85. The van der Waals surface area contributed by atoms with Gasteiger partial charge in [0, 0.05) is 56.2 Å². The second-order valence-corrected chi connectivity index (χ2v) is 7.38. The summed E-state index contributed by atoms with van der Waals surface area (Å²) in [4.78, 5) is 32.1. The number of nitrogens with zero attached hydrogens (tertiary/aromatic N) is 5. The fraction of sp³-hybridized carbons (Fsp3) is 0.381. The van der Waals surface area contributed by atoms with Crippen LogP contribution in [-0.4, -0.2) is 69.5 Å². The van der Waals surface area contributed by atoms with Gasteiger partial charge in [-0.15, -0.1) is 0 Å². The van der Waals surface area contributed by atoms with Crippen molar-refractivity contribution < 1.29 is 23.8 Å². The largest absolute Gasteiger partial charge is 0.483 e. The smallest absolute Gasteiger partial charge is 0.290 e. The molecule has 0 spiro atoms. The molecule has 11 nitrogen and oxygen atoms in total. The van der Waals surface area contributed by atoms with E-state index >= 15 is 0 Å². The maximum atomic E-state index is 14.3. The Bertz CT molecular complexity index is 1140. The van der Waals surface area contributed by atoms with Gasteiger partial charge in [-0.2, -0.15) is 10.1 Å². The molecule has 1 aromatic carbocycles. The zero-order valence-electron chi connectivity index (χ0n) is 18.6. The minimum Gasteiger partial charge on any atom is -0.483 e. The fourth-order valence-corrected chi connectivity index (χ4v) is 3.51. The number of aromatic nitrogens is 4. The summed E-state index contributed by atoms with van der Waals surface area (Å²) in [7, 11) is 1.71. The highest BCUT2D eigenvalue weighted by Crippen LogP contribution is 2.24. The summed E-state index contributed by atoms with van der Waals surface area (Å²) in [6.07, 6.45) is 3.14. The molecular formula is C21H26FN7O4. The number of fused-ring (bicyclic) bond motifs is 1. The average molecular weight is 459 g/mol. The van der Waals surface area contributed by atoms with Gasteiger partial charge in [-0.25, -0.2) is 9.37 Å². The van der Waals surface area contributed by atoms with Crippen LogP contribution in [0.1, 0.15) is 24.2 Å². The topological polar surface area (TPSA) is 134 Å². The molecule has 1 amide bonds. The van der Waals surface area contributed by atoms with E-state index < -0.39 is 11.7 Å². The van der Waals surface area contributed by atoms with Crippen LogP contribution in [0, 0.1) is 5.82 Å². The van der Waals surface area contributed by atoms with Crippen molar-refractivity contribution in [2.24, 2.45) is 7.05 Å². The van der Waals surface area contributed by atoms with Crippen molar-refractivity contribution in [3.8, 4) is 5.88 Å². The van der Waals surface area contributed by atoms with Gasteiger partial charge in [0.1, 0.15) is 11.1 Å². The van der Waals surface area contributed by atoms with Crippen LogP contribution in [0.2, 0.25) is 0 Å². The van der Waals surface area contributed by atoms with Crippen molar-refractivity contribution in [3.63, 3.8) is 0 Å². The SMILES string of the molecule is CCOc1nc(N2CCN[C@@H](C)C2)ncc1C(=O)Nc1cc(F)c2nn(C)cc2c1.O=CO. The Kier molecular flexibility index (Phi) is 7.72. The van der Waals surface area contributed by atoms with Crippen LogP contribution in [0.15, 0.2) is 24.5 Å². The minimum absolute atomic E-state index is 0.190. The first-order valence-corrected chi connectivity index (χ1v) is 10.4. The third kappa shape index (κ3) is 5.71. The molecule has 1 saturated heterocycles. The van der Waals surface area contributed by atoms with Crippen molar-refractivity contribution >= 4 is 34.9 Å². The molecule has 1 fully saturated rings. The Morgan fingerprint density at radius 2 is 2.21 bits per heavy atom. The first kappa shape index (κ1) is 23.9. The first-order valence-electron chi connectivity index (χ1n) is 10.4. The third-order valence-electron chi connectivity index (χ3n) is 4.85. The Labute approximate surface area is 189 Å². The average Bonchev–Trinajstić information content (AvgIpc) is 3.15. The van der Waals surface area contributed by atoms with Gasteiger partial charge >= 0.3 is 0 Å². The van der Waals surface area contributed by atoms with Gasteiger partial charge in [0.2, 0.25) is 11.8 Å². The molecule has 0 aliphatic carbocycles. The summed E-state index contributed by atoms with van der Waals surface area (Å²) in [5, 5.41) is 17.6. The molecule has 33 heavy (non-hydrogen) atoms. The lowest BCUT2D eigenvalue weighted by molar-refractivity contribution is -0.122. The predicted octanol–water partition coefficient (Wildman–Crippen LogP) is 1.65. The number of carbonyl (C=O) groups excluding carboxylic acids is 1. The van der Waals surface area contributed by atoms with E-state index in [2.05, 4.69) is 37.5 Å². The number of nitrogens with one attached hydrogen (secondary N) is 2. The monoisotopic (exact) mass is 459 g/mol. The molecule has 0 saturated carbocycles. The molecule has 0 unspecified atom stereocenters. The number of aryl methyl sites for hydroxylation is 1. The molecule has 0 radical (unpaired) electrons. The van der Waals surface area contributed by atoms with E-state index in [4.69, 9.17) is 14.6 Å². The number of hydrogen-bond acceptors (Lipinski definition) is 8. The van der Waals surface area contributed by atoms with Gasteiger partial charge in [0.25, 0.3) is 12.4 Å². The van der Waals surface area contributed by atoms with Crippen LogP contribution in [0.25, 0.3) is 10.9 Å².